The number of rotatable bonds is 9. The Morgan fingerprint density at radius 1 is 1.23 bits per heavy atom. The number of nitrogens with one attached hydrogen (secondary N) is 1. The number of hydrogen-bond donors (Lipinski definition) is 4. The Morgan fingerprint density at radius 3 is 2.45 bits per heavy atom. The van der Waals surface area contributed by atoms with E-state index in [-0.39, 0.29) is 5.70 Å². The van der Waals surface area contributed by atoms with Gasteiger partial charge in [-0.1, -0.05) is 23.9 Å². The SMILES string of the molecule is CC(C)(Sc1nc(CCN/C(N)=C/C=C(\N)c2ccc(C(F)(F)F)cc2)cs1)C(=O)O. The summed E-state index contributed by atoms with van der Waals surface area (Å²) in [4.78, 5) is 15.6. The summed E-state index contributed by atoms with van der Waals surface area (Å²) in [6, 6.07) is 4.55. The number of hydrogen-bond acceptors (Lipinski definition) is 7. The molecule has 6 N–H and O–H groups in total. The number of benzene rings is 1. The molecule has 0 atom stereocenters. The maximum Gasteiger partial charge on any atom is 0.416 e. The smallest absolute Gasteiger partial charge is 0.416 e. The van der Waals surface area contributed by atoms with Crippen LogP contribution in [-0.2, 0) is 17.4 Å². The van der Waals surface area contributed by atoms with Crippen LogP contribution in [0.4, 0.5) is 13.2 Å². The van der Waals surface area contributed by atoms with Crippen LogP contribution in [0.2, 0.25) is 0 Å². The van der Waals surface area contributed by atoms with E-state index in [9.17, 15) is 23.1 Å². The van der Waals surface area contributed by atoms with Crippen LogP contribution in [-0.4, -0.2) is 27.4 Å². The Kier molecular flexibility index (Phi) is 8.02. The summed E-state index contributed by atoms with van der Waals surface area (Å²) >= 11 is 2.58. The van der Waals surface area contributed by atoms with Gasteiger partial charge in [0.15, 0.2) is 4.34 Å². The molecule has 0 radical (unpaired) electrons. The minimum atomic E-state index is -4.39. The summed E-state index contributed by atoms with van der Waals surface area (Å²) in [5.41, 5.74) is 12.6. The molecule has 168 valence electrons. The maximum absolute atomic E-state index is 12.6. The number of aromatic nitrogens is 1. The fourth-order valence-electron chi connectivity index (χ4n) is 2.23. The number of alkyl halides is 3. The third-order valence-electron chi connectivity index (χ3n) is 4.09. The minimum absolute atomic E-state index is 0.278. The molecule has 0 fully saturated rings. The van der Waals surface area contributed by atoms with Gasteiger partial charge in [0.25, 0.3) is 0 Å². The van der Waals surface area contributed by atoms with Gasteiger partial charge in [-0.25, -0.2) is 4.98 Å². The number of nitrogens with zero attached hydrogens (tertiary/aromatic N) is 1. The molecule has 0 bridgehead atoms. The van der Waals surface area contributed by atoms with Gasteiger partial charge in [-0.15, -0.1) is 11.3 Å². The topological polar surface area (TPSA) is 114 Å². The van der Waals surface area contributed by atoms with E-state index >= 15 is 0 Å². The molecular weight excluding hydrogens is 449 g/mol. The summed E-state index contributed by atoms with van der Waals surface area (Å²) in [7, 11) is 0. The number of nitrogens with two attached hydrogens (primary N) is 2. The molecule has 2 aromatic rings. The molecule has 2 rings (SSSR count). The zero-order chi connectivity index (χ0) is 23.2. The second-order valence-corrected chi connectivity index (χ2v) is 9.75. The molecule has 0 saturated heterocycles. The van der Waals surface area contributed by atoms with Crippen molar-refractivity contribution in [3.8, 4) is 0 Å². The number of halogens is 3. The number of aliphatic carboxylic acids is 1. The van der Waals surface area contributed by atoms with Gasteiger partial charge in [0.2, 0.25) is 0 Å². The van der Waals surface area contributed by atoms with Crippen molar-refractivity contribution < 1.29 is 23.1 Å². The lowest BCUT2D eigenvalue weighted by Gasteiger charge is -2.15. The lowest BCUT2D eigenvalue weighted by molar-refractivity contribution is -0.139. The molecule has 31 heavy (non-hydrogen) atoms. The number of carboxylic acids is 1. The van der Waals surface area contributed by atoms with Crippen LogP contribution in [0, 0.1) is 0 Å². The molecule has 0 unspecified atom stereocenters. The molecular formula is C20H23F3N4O2S2. The summed E-state index contributed by atoms with van der Waals surface area (Å²) in [5, 5.41) is 14.0. The lowest BCUT2D eigenvalue weighted by Crippen LogP contribution is -2.26. The normalized spacial score (nSPS) is 13.3. The summed E-state index contributed by atoms with van der Waals surface area (Å²) in [6.07, 6.45) is -0.771. The van der Waals surface area contributed by atoms with Gasteiger partial charge >= 0.3 is 12.1 Å². The molecule has 1 heterocycles. The average molecular weight is 473 g/mol. The first-order valence-corrected chi connectivity index (χ1v) is 10.8. The Hall–Kier alpha value is -2.66. The van der Waals surface area contributed by atoms with Crippen LogP contribution >= 0.6 is 23.1 Å². The quantitative estimate of drug-likeness (QED) is 0.322. The van der Waals surface area contributed by atoms with Gasteiger partial charge in [-0.05, 0) is 43.7 Å². The molecule has 6 nitrogen and oxygen atoms in total. The predicted molar refractivity (Wildman–Crippen MR) is 117 cm³/mol. The highest BCUT2D eigenvalue weighted by molar-refractivity contribution is 8.02. The molecule has 0 aliphatic carbocycles. The minimum Gasteiger partial charge on any atom is -0.480 e. The first kappa shape index (κ1) is 24.6. The van der Waals surface area contributed by atoms with Crippen LogP contribution < -0.4 is 16.8 Å². The molecule has 0 amide bonds. The van der Waals surface area contributed by atoms with Crippen molar-refractivity contribution in [2.45, 2.75) is 35.5 Å². The number of allylic oxidation sites excluding steroid dienone is 2. The molecule has 1 aromatic carbocycles. The van der Waals surface area contributed by atoms with E-state index in [4.69, 9.17) is 11.5 Å². The van der Waals surface area contributed by atoms with E-state index in [0.29, 0.717) is 28.7 Å². The summed E-state index contributed by atoms with van der Waals surface area (Å²) < 4.78 is 37.6. The molecule has 0 saturated carbocycles. The highest BCUT2D eigenvalue weighted by Crippen LogP contribution is 2.34. The Labute approximate surface area is 186 Å². The van der Waals surface area contributed by atoms with Crippen molar-refractivity contribution >= 4 is 34.8 Å². The largest absolute Gasteiger partial charge is 0.480 e. The van der Waals surface area contributed by atoms with E-state index in [1.165, 1.54) is 47.4 Å². The van der Waals surface area contributed by atoms with Gasteiger partial charge in [-0.3, -0.25) is 4.79 Å². The van der Waals surface area contributed by atoms with Crippen molar-refractivity contribution in [1.82, 2.24) is 10.3 Å². The van der Waals surface area contributed by atoms with Crippen LogP contribution in [0.1, 0.15) is 30.7 Å². The molecule has 0 spiro atoms. The highest BCUT2D eigenvalue weighted by Gasteiger charge is 2.30. The third-order valence-corrected chi connectivity index (χ3v) is 6.26. The molecule has 0 aliphatic rings. The fraction of sp³-hybridized carbons (Fsp3) is 0.300. The van der Waals surface area contributed by atoms with Gasteiger partial charge in [0.1, 0.15) is 4.75 Å². The van der Waals surface area contributed by atoms with Crippen molar-refractivity contribution in [3.63, 3.8) is 0 Å². The standard InChI is InChI=1S/C20H23F3N4O2S2/c1-19(2,17(28)29)31-18-27-14(11-30-18)9-10-26-16(25)8-7-15(24)12-3-5-13(6-4-12)20(21,22)23/h3-8,11,26H,9-10,24-25H2,1-2H3,(H,28,29)/b15-7-,16-8+. The first-order valence-electron chi connectivity index (χ1n) is 9.10. The van der Waals surface area contributed by atoms with Crippen LogP contribution in [0.5, 0.6) is 0 Å². The zero-order valence-electron chi connectivity index (χ0n) is 16.9. The monoisotopic (exact) mass is 472 g/mol. The van der Waals surface area contributed by atoms with Gasteiger partial charge in [0.05, 0.1) is 17.1 Å². The van der Waals surface area contributed by atoms with Gasteiger partial charge in [0, 0.05) is 24.0 Å². The number of thioether (sulfide) groups is 1. The summed E-state index contributed by atoms with van der Waals surface area (Å²) in [6.45, 7) is 3.74. The third kappa shape index (κ3) is 7.51. The van der Waals surface area contributed by atoms with Crippen molar-refractivity contribution in [2.24, 2.45) is 11.5 Å². The second-order valence-electron chi connectivity index (χ2n) is 7.02. The zero-order valence-corrected chi connectivity index (χ0v) is 18.5. The van der Waals surface area contributed by atoms with E-state index in [1.807, 2.05) is 5.38 Å². The Balaban J connectivity index is 1.87. The van der Waals surface area contributed by atoms with Crippen LogP contribution in [0.3, 0.4) is 0 Å². The van der Waals surface area contributed by atoms with E-state index in [0.717, 1.165) is 17.8 Å². The molecule has 0 aliphatic heterocycles. The van der Waals surface area contributed by atoms with Gasteiger partial charge < -0.3 is 21.9 Å². The van der Waals surface area contributed by atoms with Crippen molar-refractivity contribution in [3.05, 3.63) is 64.4 Å². The fourth-order valence-corrected chi connectivity index (χ4v) is 4.46. The van der Waals surface area contributed by atoms with E-state index in [2.05, 4.69) is 10.3 Å². The highest BCUT2D eigenvalue weighted by atomic mass is 32.2. The Bertz CT molecular complexity index is 968. The van der Waals surface area contributed by atoms with E-state index in [1.54, 1.807) is 13.8 Å². The van der Waals surface area contributed by atoms with Crippen molar-refractivity contribution in [1.29, 1.82) is 0 Å². The van der Waals surface area contributed by atoms with Crippen LogP contribution in [0.15, 0.2) is 52.0 Å². The number of carboxylic acid groups (broad SMARTS) is 1. The van der Waals surface area contributed by atoms with E-state index < -0.39 is 22.5 Å². The summed E-state index contributed by atoms with van der Waals surface area (Å²) in [5.74, 6) is -0.566. The average Bonchev–Trinajstić information content (AvgIpc) is 3.11. The van der Waals surface area contributed by atoms with Gasteiger partial charge in [-0.2, -0.15) is 13.2 Å². The molecule has 1 aromatic heterocycles. The Morgan fingerprint density at radius 2 is 1.87 bits per heavy atom. The number of carbonyl (C=O) groups is 1. The maximum atomic E-state index is 12.6. The lowest BCUT2D eigenvalue weighted by atomic mass is 10.1. The second kappa shape index (κ2) is 10.1. The molecule has 11 heteroatoms. The van der Waals surface area contributed by atoms with Crippen molar-refractivity contribution in [2.75, 3.05) is 6.54 Å². The number of thiazole rings is 1. The van der Waals surface area contributed by atoms with Crippen LogP contribution in [0.25, 0.3) is 5.70 Å². The first-order chi connectivity index (χ1) is 14.4. The predicted octanol–water partition coefficient (Wildman–Crippen LogP) is 4.05.